The molecule has 7 nitrogen and oxygen atoms in total. The molecule has 0 saturated heterocycles. The van der Waals surface area contributed by atoms with Gasteiger partial charge in [0.25, 0.3) is 11.7 Å². The molecule has 142 valence electrons. The zero-order valence-electron chi connectivity index (χ0n) is 15.2. The molecule has 0 fully saturated rings. The van der Waals surface area contributed by atoms with Gasteiger partial charge in [0.2, 0.25) is 0 Å². The third-order valence-corrected chi connectivity index (χ3v) is 4.41. The molecule has 28 heavy (non-hydrogen) atoms. The van der Waals surface area contributed by atoms with Crippen molar-refractivity contribution in [2.45, 2.75) is 25.8 Å². The van der Waals surface area contributed by atoms with Crippen molar-refractivity contribution in [3.63, 3.8) is 0 Å². The Labute approximate surface area is 160 Å². The fourth-order valence-electron chi connectivity index (χ4n) is 2.93. The first-order chi connectivity index (χ1) is 13.6. The Kier molecular flexibility index (Phi) is 4.84. The van der Waals surface area contributed by atoms with E-state index in [4.69, 9.17) is 4.42 Å². The fourth-order valence-corrected chi connectivity index (χ4v) is 2.93. The van der Waals surface area contributed by atoms with Crippen LogP contribution in [0.1, 0.15) is 29.6 Å². The summed E-state index contributed by atoms with van der Waals surface area (Å²) < 4.78 is 19.9. The molecule has 1 atom stereocenters. The van der Waals surface area contributed by atoms with E-state index >= 15 is 0 Å². The van der Waals surface area contributed by atoms with E-state index in [2.05, 4.69) is 20.4 Å². The number of nitrogens with zero attached hydrogens (tertiary/aromatic N) is 4. The summed E-state index contributed by atoms with van der Waals surface area (Å²) in [6.07, 6.45) is 4.43. The molecule has 1 aromatic carbocycles. The van der Waals surface area contributed by atoms with Crippen LogP contribution in [-0.2, 0) is 6.42 Å². The highest BCUT2D eigenvalue weighted by molar-refractivity contribution is 5.94. The number of benzene rings is 1. The standard InChI is InChI=1S/C20H18FN5O2/c1-13(4-9-16-3-2-10-28-16)24-19(27)18-11-17(14-5-7-15(21)8-6-14)25-20-22-12-23-26(18)20/h2-3,5-8,10-13H,4,9H2,1H3,(H,24,27)/t13-/m1/s1. The van der Waals surface area contributed by atoms with Crippen molar-refractivity contribution in [1.29, 1.82) is 0 Å². The molecule has 3 heterocycles. The lowest BCUT2D eigenvalue weighted by atomic mass is 10.1. The van der Waals surface area contributed by atoms with Crippen LogP contribution in [0.5, 0.6) is 0 Å². The molecule has 1 amide bonds. The normalized spacial score (nSPS) is 12.2. The van der Waals surface area contributed by atoms with E-state index in [1.807, 2.05) is 19.1 Å². The van der Waals surface area contributed by atoms with E-state index in [0.29, 0.717) is 22.7 Å². The van der Waals surface area contributed by atoms with Crippen molar-refractivity contribution in [3.05, 3.63) is 72.3 Å². The van der Waals surface area contributed by atoms with E-state index in [9.17, 15) is 9.18 Å². The van der Waals surface area contributed by atoms with E-state index in [0.717, 1.165) is 18.6 Å². The number of fused-ring (bicyclic) bond motifs is 1. The second kappa shape index (κ2) is 7.59. The van der Waals surface area contributed by atoms with Crippen LogP contribution in [0, 0.1) is 5.82 Å². The van der Waals surface area contributed by atoms with Crippen molar-refractivity contribution in [3.8, 4) is 11.3 Å². The quantitative estimate of drug-likeness (QED) is 0.556. The van der Waals surface area contributed by atoms with Gasteiger partial charge in [0.1, 0.15) is 23.6 Å². The average molecular weight is 379 g/mol. The third-order valence-electron chi connectivity index (χ3n) is 4.41. The fraction of sp³-hybridized carbons (Fsp3) is 0.200. The zero-order chi connectivity index (χ0) is 19.5. The van der Waals surface area contributed by atoms with Crippen molar-refractivity contribution >= 4 is 11.7 Å². The lowest BCUT2D eigenvalue weighted by Crippen LogP contribution is -2.34. The summed E-state index contributed by atoms with van der Waals surface area (Å²) in [5.41, 5.74) is 1.52. The zero-order valence-corrected chi connectivity index (χ0v) is 15.2. The van der Waals surface area contributed by atoms with Crippen molar-refractivity contribution in [2.75, 3.05) is 0 Å². The summed E-state index contributed by atoms with van der Waals surface area (Å²) in [5, 5.41) is 7.06. The topological polar surface area (TPSA) is 85.3 Å². The van der Waals surface area contributed by atoms with Gasteiger partial charge in [-0.25, -0.2) is 9.37 Å². The maximum Gasteiger partial charge on any atom is 0.270 e. The molecule has 1 N–H and O–H groups in total. The number of carbonyl (C=O) groups is 1. The van der Waals surface area contributed by atoms with Gasteiger partial charge in [-0.05, 0) is 55.8 Å². The summed E-state index contributed by atoms with van der Waals surface area (Å²) in [6, 6.07) is 11.2. The molecule has 0 aliphatic rings. The first-order valence-electron chi connectivity index (χ1n) is 8.90. The van der Waals surface area contributed by atoms with Gasteiger partial charge in [0.05, 0.1) is 12.0 Å². The van der Waals surface area contributed by atoms with E-state index in [1.54, 1.807) is 24.5 Å². The number of carbonyl (C=O) groups excluding carboxylic acids is 1. The molecule has 0 unspecified atom stereocenters. The van der Waals surface area contributed by atoms with E-state index < -0.39 is 0 Å². The van der Waals surface area contributed by atoms with Crippen molar-refractivity contribution in [1.82, 2.24) is 24.9 Å². The Balaban J connectivity index is 1.57. The predicted octanol–water partition coefficient (Wildman–Crippen LogP) is 3.27. The van der Waals surface area contributed by atoms with Crippen LogP contribution in [0.2, 0.25) is 0 Å². The molecule has 8 heteroatoms. The first-order valence-corrected chi connectivity index (χ1v) is 8.90. The van der Waals surface area contributed by atoms with Gasteiger partial charge in [-0.2, -0.15) is 14.6 Å². The maximum absolute atomic E-state index is 13.2. The number of hydrogen-bond acceptors (Lipinski definition) is 5. The van der Waals surface area contributed by atoms with Gasteiger partial charge in [-0.1, -0.05) is 0 Å². The number of amides is 1. The van der Waals surface area contributed by atoms with Crippen molar-refractivity contribution < 1.29 is 13.6 Å². The summed E-state index contributed by atoms with van der Waals surface area (Å²) in [6.45, 7) is 1.93. The molecule has 0 aliphatic carbocycles. The molecule has 4 aromatic rings. The van der Waals surface area contributed by atoms with E-state index in [-0.39, 0.29) is 17.8 Å². The van der Waals surface area contributed by atoms with Crippen LogP contribution in [0.25, 0.3) is 17.0 Å². The Morgan fingerprint density at radius 3 is 2.86 bits per heavy atom. The van der Waals surface area contributed by atoms with Crippen LogP contribution < -0.4 is 5.32 Å². The van der Waals surface area contributed by atoms with Crippen LogP contribution in [0.15, 0.2) is 59.5 Å². The molecule has 0 bridgehead atoms. The SMILES string of the molecule is C[C@H](CCc1ccco1)NC(=O)c1cc(-c2ccc(F)cc2)nc2ncnn12. The van der Waals surface area contributed by atoms with Gasteiger partial charge in [0, 0.05) is 18.0 Å². The third kappa shape index (κ3) is 3.75. The Morgan fingerprint density at radius 2 is 2.11 bits per heavy atom. The van der Waals surface area contributed by atoms with Gasteiger partial charge < -0.3 is 9.73 Å². The lowest BCUT2D eigenvalue weighted by Gasteiger charge is -2.14. The molecule has 0 radical (unpaired) electrons. The van der Waals surface area contributed by atoms with Crippen LogP contribution in [0.3, 0.4) is 0 Å². The lowest BCUT2D eigenvalue weighted by molar-refractivity contribution is 0.0930. The molecule has 3 aromatic heterocycles. The Bertz CT molecular complexity index is 1090. The molecule has 0 spiro atoms. The van der Waals surface area contributed by atoms with Gasteiger partial charge >= 0.3 is 0 Å². The van der Waals surface area contributed by atoms with Crippen LogP contribution in [-0.4, -0.2) is 31.5 Å². The number of aromatic nitrogens is 4. The highest BCUT2D eigenvalue weighted by Crippen LogP contribution is 2.20. The highest BCUT2D eigenvalue weighted by atomic mass is 19.1. The predicted molar refractivity (Wildman–Crippen MR) is 100 cm³/mol. The number of rotatable bonds is 6. The monoisotopic (exact) mass is 379 g/mol. The number of nitrogens with one attached hydrogen (secondary N) is 1. The molecule has 4 rings (SSSR count). The number of furan rings is 1. The van der Waals surface area contributed by atoms with E-state index in [1.165, 1.54) is 23.0 Å². The van der Waals surface area contributed by atoms with Gasteiger partial charge in [0.15, 0.2) is 0 Å². The number of halogens is 1. The largest absolute Gasteiger partial charge is 0.469 e. The molecular formula is C20H18FN5O2. The minimum absolute atomic E-state index is 0.0707. The van der Waals surface area contributed by atoms with Crippen LogP contribution in [0.4, 0.5) is 4.39 Å². The summed E-state index contributed by atoms with van der Waals surface area (Å²) in [4.78, 5) is 21.3. The average Bonchev–Trinajstić information content (AvgIpc) is 3.37. The second-order valence-corrected chi connectivity index (χ2v) is 6.50. The first kappa shape index (κ1) is 17.8. The van der Waals surface area contributed by atoms with Gasteiger partial charge in [-0.3, -0.25) is 4.79 Å². The maximum atomic E-state index is 13.2. The number of aryl methyl sites for hydroxylation is 1. The minimum Gasteiger partial charge on any atom is -0.469 e. The summed E-state index contributed by atoms with van der Waals surface area (Å²) in [7, 11) is 0. The number of hydrogen-bond donors (Lipinski definition) is 1. The summed E-state index contributed by atoms with van der Waals surface area (Å²) >= 11 is 0. The second-order valence-electron chi connectivity index (χ2n) is 6.50. The smallest absolute Gasteiger partial charge is 0.270 e. The highest BCUT2D eigenvalue weighted by Gasteiger charge is 2.17. The Hall–Kier alpha value is -3.55. The van der Waals surface area contributed by atoms with Crippen molar-refractivity contribution in [2.24, 2.45) is 0 Å². The minimum atomic E-state index is -0.337. The molecule has 0 aliphatic heterocycles. The molecule has 0 saturated carbocycles. The molecular weight excluding hydrogens is 361 g/mol. The van der Waals surface area contributed by atoms with Gasteiger partial charge in [-0.15, -0.1) is 0 Å². The van der Waals surface area contributed by atoms with Crippen LogP contribution >= 0.6 is 0 Å². The summed E-state index contributed by atoms with van der Waals surface area (Å²) in [5.74, 6) is 0.557. The Morgan fingerprint density at radius 1 is 1.29 bits per heavy atom.